The van der Waals surface area contributed by atoms with Gasteiger partial charge in [0.1, 0.15) is 17.0 Å². The van der Waals surface area contributed by atoms with Gasteiger partial charge in [-0.2, -0.15) is 0 Å². The van der Waals surface area contributed by atoms with E-state index in [1.807, 2.05) is 0 Å². The van der Waals surface area contributed by atoms with E-state index in [0.29, 0.717) is 27.9 Å². The Hall–Kier alpha value is -4.21. The van der Waals surface area contributed by atoms with E-state index in [0.717, 1.165) is 0 Å². The molecule has 33 heavy (non-hydrogen) atoms. The number of benzene rings is 2. The van der Waals surface area contributed by atoms with Gasteiger partial charge in [-0.1, -0.05) is 24.3 Å². The number of aryl methyl sites for hydroxylation is 1. The van der Waals surface area contributed by atoms with Gasteiger partial charge in [-0.15, -0.1) is 13.2 Å². The van der Waals surface area contributed by atoms with Crippen LogP contribution in [0.2, 0.25) is 0 Å². The van der Waals surface area contributed by atoms with Crippen LogP contribution in [0, 0.1) is 0 Å². The molecule has 2 heterocycles. The number of carbonyl (C=O) groups is 1. The van der Waals surface area contributed by atoms with Crippen LogP contribution < -0.4 is 15.6 Å². The second-order valence-electron chi connectivity index (χ2n) is 7.12. The number of nitrogens with one attached hydrogen (secondary N) is 1. The molecule has 0 saturated carbocycles. The zero-order chi connectivity index (χ0) is 23.6. The molecular formula is C23H17F3N4O3. The second kappa shape index (κ2) is 8.73. The first kappa shape index (κ1) is 22.0. The first-order chi connectivity index (χ1) is 15.7. The monoisotopic (exact) mass is 454 g/mol. The third kappa shape index (κ3) is 5.00. The molecule has 4 aromatic rings. The molecule has 2 aromatic heterocycles. The van der Waals surface area contributed by atoms with Crippen molar-refractivity contribution in [3.05, 3.63) is 88.3 Å². The maximum Gasteiger partial charge on any atom is 0.573 e. The standard InChI is InChI=1S/C23H17F3N4O3/c1-30-20-18(3-2-12-27-20)29-19(22(30)32)15-6-8-16(9-7-15)21(31)28-13-14-4-10-17(11-5-14)33-23(24,25)26/h2-12H,13H2,1H3,(H,28,31). The predicted molar refractivity (Wildman–Crippen MR) is 115 cm³/mol. The number of pyridine rings is 1. The average molecular weight is 454 g/mol. The van der Waals surface area contributed by atoms with Crippen molar-refractivity contribution in [1.82, 2.24) is 19.9 Å². The maximum absolute atomic E-state index is 12.7. The van der Waals surface area contributed by atoms with E-state index in [1.54, 1.807) is 49.6 Å². The molecule has 0 bridgehead atoms. The largest absolute Gasteiger partial charge is 0.573 e. The van der Waals surface area contributed by atoms with Crippen LogP contribution in [0.25, 0.3) is 22.4 Å². The van der Waals surface area contributed by atoms with Crippen molar-refractivity contribution < 1.29 is 22.7 Å². The van der Waals surface area contributed by atoms with Crippen LogP contribution in [0.3, 0.4) is 0 Å². The maximum atomic E-state index is 12.7. The SMILES string of the molecule is Cn1c(=O)c(-c2ccc(C(=O)NCc3ccc(OC(F)(F)F)cc3)cc2)nc2cccnc21. The van der Waals surface area contributed by atoms with E-state index >= 15 is 0 Å². The highest BCUT2D eigenvalue weighted by molar-refractivity contribution is 5.94. The molecule has 168 valence electrons. The van der Waals surface area contributed by atoms with Gasteiger partial charge in [-0.25, -0.2) is 9.97 Å². The van der Waals surface area contributed by atoms with E-state index in [-0.39, 0.29) is 29.5 Å². The van der Waals surface area contributed by atoms with Crippen LogP contribution in [0.4, 0.5) is 13.2 Å². The lowest BCUT2D eigenvalue weighted by atomic mass is 10.1. The molecule has 0 spiro atoms. The highest BCUT2D eigenvalue weighted by Gasteiger charge is 2.30. The van der Waals surface area contributed by atoms with Crippen LogP contribution in [0.1, 0.15) is 15.9 Å². The number of rotatable bonds is 5. The smallest absolute Gasteiger partial charge is 0.406 e. The minimum Gasteiger partial charge on any atom is -0.406 e. The van der Waals surface area contributed by atoms with Crippen molar-refractivity contribution >= 4 is 17.1 Å². The van der Waals surface area contributed by atoms with Crippen molar-refractivity contribution in [1.29, 1.82) is 0 Å². The van der Waals surface area contributed by atoms with Gasteiger partial charge < -0.3 is 10.1 Å². The Balaban J connectivity index is 1.45. The molecule has 4 rings (SSSR count). The summed E-state index contributed by atoms with van der Waals surface area (Å²) in [7, 11) is 1.62. The van der Waals surface area contributed by atoms with Gasteiger partial charge in [0.25, 0.3) is 11.5 Å². The van der Waals surface area contributed by atoms with E-state index < -0.39 is 6.36 Å². The summed E-state index contributed by atoms with van der Waals surface area (Å²) < 4.78 is 41.9. The van der Waals surface area contributed by atoms with Crippen molar-refractivity contribution in [2.45, 2.75) is 12.9 Å². The van der Waals surface area contributed by atoms with E-state index in [1.165, 1.54) is 28.8 Å². The molecule has 10 heteroatoms. The quantitative estimate of drug-likeness (QED) is 0.496. The third-order valence-electron chi connectivity index (χ3n) is 4.85. The number of amides is 1. The van der Waals surface area contributed by atoms with Crippen molar-refractivity contribution in [3.63, 3.8) is 0 Å². The Bertz CT molecular complexity index is 1370. The van der Waals surface area contributed by atoms with Crippen LogP contribution in [0.15, 0.2) is 71.7 Å². The zero-order valence-electron chi connectivity index (χ0n) is 17.3. The van der Waals surface area contributed by atoms with E-state index in [2.05, 4.69) is 20.0 Å². The van der Waals surface area contributed by atoms with Gasteiger partial charge in [0.15, 0.2) is 5.65 Å². The number of halogens is 3. The number of carbonyl (C=O) groups excluding carboxylic acids is 1. The molecule has 1 amide bonds. The molecule has 0 aliphatic rings. The molecule has 0 unspecified atom stereocenters. The first-order valence-corrected chi connectivity index (χ1v) is 9.76. The molecule has 0 aliphatic carbocycles. The molecule has 0 aliphatic heterocycles. The Morgan fingerprint density at radius 3 is 2.42 bits per heavy atom. The number of fused-ring (bicyclic) bond motifs is 1. The normalized spacial score (nSPS) is 11.4. The van der Waals surface area contributed by atoms with Gasteiger partial charge in [-0.3, -0.25) is 14.2 Å². The molecule has 0 atom stereocenters. The topological polar surface area (TPSA) is 86.1 Å². The molecule has 0 saturated heterocycles. The van der Waals surface area contributed by atoms with Gasteiger partial charge in [0.2, 0.25) is 0 Å². The minimum atomic E-state index is -4.76. The van der Waals surface area contributed by atoms with Gasteiger partial charge in [-0.05, 0) is 42.0 Å². The summed E-state index contributed by atoms with van der Waals surface area (Å²) in [6.45, 7) is 0.118. The van der Waals surface area contributed by atoms with Crippen molar-refractivity contribution in [2.75, 3.05) is 0 Å². The van der Waals surface area contributed by atoms with Crippen LogP contribution >= 0.6 is 0 Å². The minimum absolute atomic E-state index is 0.118. The summed E-state index contributed by atoms with van der Waals surface area (Å²) in [5.41, 5.74) is 2.49. The molecular weight excluding hydrogens is 437 g/mol. The molecule has 1 N–H and O–H groups in total. The summed E-state index contributed by atoms with van der Waals surface area (Å²) in [6, 6.07) is 15.1. The second-order valence-corrected chi connectivity index (χ2v) is 7.12. The lowest BCUT2D eigenvalue weighted by molar-refractivity contribution is -0.274. The average Bonchev–Trinajstić information content (AvgIpc) is 2.80. The molecule has 7 nitrogen and oxygen atoms in total. The zero-order valence-corrected chi connectivity index (χ0v) is 17.3. The van der Waals surface area contributed by atoms with Gasteiger partial charge in [0.05, 0.1) is 0 Å². The van der Waals surface area contributed by atoms with E-state index in [4.69, 9.17) is 0 Å². The number of aromatic nitrogens is 3. The molecule has 0 radical (unpaired) electrons. The number of nitrogens with zero attached hydrogens (tertiary/aromatic N) is 3. The summed E-state index contributed by atoms with van der Waals surface area (Å²) in [4.78, 5) is 33.7. The Labute approximate surface area is 185 Å². The predicted octanol–water partition coefficient (Wildman–Crippen LogP) is 3.82. The number of ether oxygens (including phenoxy) is 1. The van der Waals surface area contributed by atoms with Crippen LogP contribution in [-0.2, 0) is 13.6 Å². The summed E-state index contributed by atoms with van der Waals surface area (Å²) in [5.74, 6) is -0.710. The molecule has 0 fully saturated rings. The van der Waals surface area contributed by atoms with Gasteiger partial charge in [0, 0.05) is 30.9 Å². The van der Waals surface area contributed by atoms with E-state index in [9.17, 15) is 22.8 Å². The van der Waals surface area contributed by atoms with Gasteiger partial charge >= 0.3 is 6.36 Å². The van der Waals surface area contributed by atoms with Crippen molar-refractivity contribution in [2.24, 2.45) is 7.05 Å². The fourth-order valence-electron chi connectivity index (χ4n) is 3.22. The summed E-state index contributed by atoms with van der Waals surface area (Å²) in [6.07, 6.45) is -3.17. The first-order valence-electron chi connectivity index (χ1n) is 9.76. The fraction of sp³-hybridized carbons (Fsp3) is 0.130. The summed E-state index contributed by atoms with van der Waals surface area (Å²) >= 11 is 0. The Morgan fingerprint density at radius 1 is 1.06 bits per heavy atom. The highest BCUT2D eigenvalue weighted by Crippen LogP contribution is 2.23. The van der Waals surface area contributed by atoms with Crippen LogP contribution in [0.5, 0.6) is 5.75 Å². The number of hydrogen-bond acceptors (Lipinski definition) is 5. The highest BCUT2D eigenvalue weighted by atomic mass is 19.4. The molecule has 2 aromatic carbocycles. The lowest BCUT2D eigenvalue weighted by Gasteiger charge is -2.10. The van der Waals surface area contributed by atoms with Crippen LogP contribution in [-0.4, -0.2) is 26.8 Å². The number of alkyl halides is 3. The number of hydrogen-bond donors (Lipinski definition) is 1. The Kier molecular flexibility index (Phi) is 5.82. The fourth-order valence-corrected chi connectivity index (χ4v) is 3.22. The van der Waals surface area contributed by atoms with Crippen molar-refractivity contribution in [3.8, 4) is 17.0 Å². The lowest BCUT2D eigenvalue weighted by Crippen LogP contribution is -2.23. The summed E-state index contributed by atoms with van der Waals surface area (Å²) in [5, 5.41) is 2.70. The Morgan fingerprint density at radius 2 is 1.76 bits per heavy atom. The third-order valence-corrected chi connectivity index (χ3v) is 4.85.